The lowest BCUT2D eigenvalue weighted by Crippen LogP contribution is -2.43. The zero-order valence-electron chi connectivity index (χ0n) is 5.51. The Bertz CT molecular complexity index is 58.7. The maximum absolute atomic E-state index is 4.81. The maximum atomic E-state index is 4.81. The predicted molar refractivity (Wildman–Crippen MR) is 36.8 cm³/mol. The average molecular weight is 217 g/mol. The Balaban J connectivity index is 3.82. The Morgan fingerprint density at radius 1 is 1.00 bits per heavy atom. The lowest BCUT2D eigenvalue weighted by Gasteiger charge is -2.18. The molecular formula is C3H9BrO4Si. The Kier molecular flexibility index (Phi) is 4.63. The SMILES string of the molecule is CO[Si](OC)(OC)OBr. The Morgan fingerprint density at radius 2 is 1.33 bits per heavy atom. The van der Waals surface area contributed by atoms with Gasteiger partial charge in [0.25, 0.3) is 0 Å². The van der Waals surface area contributed by atoms with Crippen molar-refractivity contribution in [1.29, 1.82) is 0 Å². The molecule has 4 nitrogen and oxygen atoms in total. The van der Waals surface area contributed by atoms with Gasteiger partial charge >= 0.3 is 9.05 Å². The van der Waals surface area contributed by atoms with E-state index in [1.807, 2.05) is 0 Å². The second kappa shape index (κ2) is 4.37. The van der Waals surface area contributed by atoms with E-state index in [2.05, 4.69) is 19.8 Å². The van der Waals surface area contributed by atoms with Crippen LogP contribution in [-0.4, -0.2) is 30.4 Å². The summed E-state index contributed by atoms with van der Waals surface area (Å²) in [5.74, 6) is 0. The molecule has 0 aliphatic rings. The molecule has 0 N–H and O–H groups in total. The molecule has 0 aromatic carbocycles. The third-order valence-electron chi connectivity index (χ3n) is 0.844. The third kappa shape index (κ3) is 2.32. The Morgan fingerprint density at radius 3 is 1.33 bits per heavy atom. The van der Waals surface area contributed by atoms with Crippen molar-refractivity contribution in [3.63, 3.8) is 0 Å². The Labute approximate surface area is 64.0 Å². The molecule has 0 spiro atoms. The van der Waals surface area contributed by atoms with Gasteiger partial charge in [-0.05, 0) is 0 Å². The number of rotatable bonds is 4. The fourth-order valence-electron chi connectivity index (χ4n) is 0.344. The van der Waals surface area contributed by atoms with E-state index in [4.69, 9.17) is 13.3 Å². The van der Waals surface area contributed by atoms with E-state index in [1.54, 1.807) is 0 Å². The first-order valence-electron chi connectivity index (χ1n) is 2.20. The molecular weight excluding hydrogens is 208 g/mol. The zero-order chi connectivity index (χ0) is 7.33. The first kappa shape index (κ1) is 9.54. The molecule has 9 heavy (non-hydrogen) atoms. The van der Waals surface area contributed by atoms with E-state index in [0.29, 0.717) is 0 Å². The van der Waals surface area contributed by atoms with Crippen molar-refractivity contribution in [2.45, 2.75) is 0 Å². The molecule has 56 valence electrons. The Hall–Kier alpha value is 0.537. The van der Waals surface area contributed by atoms with Gasteiger partial charge in [0.15, 0.2) is 0 Å². The summed E-state index contributed by atoms with van der Waals surface area (Å²) in [5.41, 5.74) is 0. The van der Waals surface area contributed by atoms with Gasteiger partial charge in [-0.3, -0.25) is 3.52 Å². The summed E-state index contributed by atoms with van der Waals surface area (Å²) in [7, 11) is 1.60. The van der Waals surface area contributed by atoms with Crippen LogP contribution in [0.25, 0.3) is 0 Å². The van der Waals surface area contributed by atoms with Crippen molar-refractivity contribution in [2.75, 3.05) is 21.3 Å². The highest BCUT2D eigenvalue weighted by molar-refractivity contribution is 9.06. The van der Waals surface area contributed by atoms with Crippen molar-refractivity contribution in [3.8, 4) is 0 Å². The van der Waals surface area contributed by atoms with Crippen molar-refractivity contribution < 1.29 is 16.8 Å². The lowest BCUT2D eigenvalue weighted by atomic mass is 11.8. The predicted octanol–water partition coefficient (Wildman–Crippen LogP) is 0.688. The van der Waals surface area contributed by atoms with Gasteiger partial charge in [-0.2, -0.15) is 0 Å². The number of hydrogen-bond acceptors (Lipinski definition) is 4. The molecule has 0 atom stereocenters. The largest absolute Gasteiger partial charge is 0.690 e. The molecule has 0 aromatic heterocycles. The van der Waals surface area contributed by atoms with E-state index in [1.165, 1.54) is 21.3 Å². The van der Waals surface area contributed by atoms with Crippen molar-refractivity contribution >= 4 is 25.3 Å². The van der Waals surface area contributed by atoms with Gasteiger partial charge in [0, 0.05) is 21.3 Å². The van der Waals surface area contributed by atoms with Crippen LogP contribution in [0, 0.1) is 0 Å². The van der Waals surface area contributed by atoms with E-state index in [-0.39, 0.29) is 0 Å². The van der Waals surface area contributed by atoms with Crippen LogP contribution in [0.1, 0.15) is 0 Å². The van der Waals surface area contributed by atoms with Crippen LogP contribution in [0.5, 0.6) is 0 Å². The van der Waals surface area contributed by atoms with Crippen LogP contribution >= 0.6 is 16.3 Å². The van der Waals surface area contributed by atoms with Crippen molar-refractivity contribution in [3.05, 3.63) is 0 Å². The molecule has 0 aromatic rings. The summed E-state index contributed by atoms with van der Waals surface area (Å²) >= 11 is 2.74. The quantitative estimate of drug-likeness (QED) is 0.649. The monoisotopic (exact) mass is 216 g/mol. The molecule has 6 heteroatoms. The molecule has 0 unspecified atom stereocenters. The summed E-state index contributed by atoms with van der Waals surface area (Å²) in [6.45, 7) is 0. The van der Waals surface area contributed by atoms with Crippen LogP contribution < -0.4 is 0 Å². The topological polar surface area (TPSA) is 36.9 Å². The minimum absolute atomic E-state index is 1.46. The van der Waals surface area contributed by atoms with Crippen LogP contribution in [0.15, 0.2) is 0 Å². The van der Waals surface area contributed by atoms with Crippen molar-refractivity contribution in [2.24, 2.45) is 0 Å². The zero-order valence-corrected chi connectivity index (χ0v) is 8.10. The fourth-order valence-corrected chi connectivity index (χ4v) is 2.22. The van der Waals surface area contributed by atoms with Gasteiger partial charge in [-0.25, -0.2) is 0 Å². The summed E-state index contributed by atoms with van der Waals surface area (Å²) < 4.78 is 19.1. The molecule has 0 saturated carbocycles. The first-order chi connectivity index (χ1) is 4.24. The highest BCUT2D eigenvalue weighted by Crippen LogP contribution is 2.10. The molecule has 0 amide bonds. The van der Waals surface area contributed by atoms with Crippen LogP contribution in [-0.2, 0) is 16.8 Å². The molecule has 0 heterocycles. The smallest absolute Gasteiger partial charge is 0.354 e. The molecule has 0 aliphatic heterocycles. The van der Waals surface area contributed by atoms with Gasteiger partial charge in [0.2, 0.25) is 0 Å². The highest BCUT2D eigenvalue weighted by atomic mass is 79.9. The summed E-state index contributed by atoms with van der Waals surface area (Å²) in [4.78, 5) is 0. The second-order valence-electron chi connectivity index (χ2n) is 1.19. The molecule has 0 radical (unpaired) electrons. The van der Waals surface area contributed by atoms with E-state index in [9.17, 15) is 0 Å². The summed E-state index contributed by atoms with van der Waals surface area (Å²) in [6, 6.07) is 0. The average Bonchev–Trinajstić information content (AvgIpc) is 1.95. The molecule has 0 rings (SSSR count). The molecule has 0 saturated heterocycles. The van der Waals surface area contributed by atoms with Gasteiger partial charge in [0.05, 0.1) is 16.3 Å². The van der Waals surface area contributed by atoms with E-state index in [0.717, 1.165) is 0 Å². The molecule has 0 fully saturated rings. The highest BCUT2D eigenvalue weighted by Gasteiger charge is 2.41. The lowest BCUT2D eigenvalue weighted by molar-refractivity contribution is 0.0623. The summed E-state index contributed by atoms with van der Waals surface area (Å²) in [6.07, 6.45) is 0. The maximum Gasteiger partial charge on any atom is 0.690 e. The van der Waals surface area contributed by atoms with Crippen LogP contribution in [0.3, 0.4) is 0 Å². The fraction of sp³-hybridized carbons (Fsp3) is 1.00. The number of hydrogen-bond donors (Lipinski definition) is 0. The summed E-state index contributed by atoms with van der Waals surface area (Å²) in [5, 5.41) is 0. The first-order valence-corrected chi connectivity index (χ1v) is 4.48. The van der Waals surface area contributed by atoms with Crippen LogP contribution in [0.2, 0.25) is 0 Å². The van der Waals surface area contributed by atoms with E-state index >= 15 is 0 Å². The van der Waals surface area contributed by atoms with E-state index < -0.39 is 9.05 Å². The van der Waals surface area contributed by atoms with Gasteiger partial charge in [0.1, 0.15) is 0 Å². The normalized spacial score (nSPS) is 12.0. The minimum atomic E-state index is -2.77. The standard InChI is InChI=1S/C3H9BrO4Si/c1-5-9(6-2,7-3)8-4/h1-3H3. The van der Waals surface area contributed by atoms with Gasteiger partial charge in [-0.15, -0.1) is 0 Å². The van der Waals surface area contributed by atoms with Gasteiger partial charge < -0.3 is 13.3 Å². The van der Waals surface area contributed by atoms with Crippen molar-refractivity contribution in [1.82, 2.24) is 0 Å². The third-order valence-corrected chi connectivity index (χ3v) is 3.72. The number of halogens is 1. The second-order valence-corrected chi connectivity index (χ2v) is 4.54. The van der Waals surface area contributed by atoms with Gasteiger partial charge in [-0.1, -0.05) is 0 Å². The minimum Gasteiger partial charge on any atom is -0.354 e. The van der Waals surface area contributed by atoms with Crippen LogP contribution in [0.4, 0.5) is 0 Å². The molecule has 0 bridgehead atoms. The molecule has 0 aliphatic carbocycles.